The van der Waals surface area contributed by atoms with Crippen molar-refractivity contribution in [2.45, 2.75) is 6.61 Å². The molecule has 18 heavy (non-hydrogen) atoms. The molecule has 2 rings (SSSR count). The van der Waals surface area contributed by atoms with Crippen LogP contribution in [0.25, 0.3) is 0 Å². The van der Waals surface area contributed by atoms with Crippen LogP contribution in [0.3, 0.4) is 0 Å². The fraction of sp³-hybridized carbons (Fsp3) is 0.0769. The third-order valence-electron chi connectivity index (χ3n) is 2.16. The molecule has 0 saturated carbocycles. The summed E-state index contributed by atoms with van der Waals surface area (Å²) in [6, 6.07) is 10.5. The lowest BCUT2D eigenvalue weighted by Crippen LogP contribution is -2.13. The highest BCUT2D eigenvalue weighted by Gasteiger charge is 2.03. The minimum absolute atomic E-state index is 0.181. The maximum absolute atomic E-state index is 11.5. The van der Waals surface area contributed by atoms with E-state index in [1.54, 1.807) is 42.7 Å². The molecular formula is C13H11ClN2O2. The number of aromatic nitrogens is 1. The van der Waals surface area contributed by atoms with Crippen molar-refractivity contribution in [1.82, 2.24) is 4.98 Å². The highest BCUT2D eigenvalue weighted by Crippen LogP contribution is 2.15. The molecule has 1 aromatic heterocycles. The lowest BCUT2D eigenvalue weighted by molar-refractivity contribution is 0.155. The molecule has 0 spiro atoms. The van der Waals surface area contributed by atoms with Crippen molar-refractivity contribution in [3.05, 3.63) is 59.4 Å². The Bertz CT molecular complexity index is 532. The van der Waals surface area contributed by atoms with Gasteiger partial charge in [-0.05, 0) is 24.3 Å². The quantitative estimate of drug-likeness (QED) is 0.921. The predicted octanol–water partition coefficient (Wildman–Crippen LogP) is 3.48. The minimum Gasteiger partial charge on any atom is -0.444 e. The summed E-state index contributed by atoms with van der Waals surface area (Å²) in [4.78, 5) is 15.4. The number of nitrogens with one attached hydrogen (secondary N) is 1. The smallest absolute Gasteiger partial charge is 0.411 e. The zero-order chi connectivity index (χ0) is 12.8. The monoisotopic (exact) mass is 262 g/mol. The molecular weight excluding hydrogens is 252 g/mol. The topological polar surface area (TPSA) is 51.2 Å². The molecule has 0 unspecified atom stereocenters. The maximum Gasteiger partial charge on any atom is 0.411 e. The Morgan fingerprint density at radius 1 is 1.33 bits per heavy atom. The number of carbonyl (C=O) groups excluding carboxylic acids is 1. The van der Waals surface area contributed by atoms with Crippen molar-refractivity contribution in [2.24, 2.45) is 0 Å². The predicted molar refractivity (Wildman–Crippen MR) is 69.5 cm³/mol. The van der Waals surface area contributed by atoms with E-state index in [2.05, 4.69) is 10.3 Å². The number of carbonyl (C=O) groups is 1. The Hall–Kier alpha value is -2.07. The van der Waals surface area contributed by atoms with Crippen molar-refractivity contribution in [1.29, 1.82) is 0 Å². The van der Waals surface area contributed by atoms with Crippen LogP contribution in [0.1, 0.15) is 5.56 Å². The number of benzene rings is 1. The first kappa shape index (κ1) is 12.4. The molecule has 92 valence electrons. The Kier molecular flexibility index (Phi) is 4.15. The second-order valence-electron chi connectivity index (χ2n) is 3.57. The Morgan fingerprint density at radius 3 is 2.94 bits per heavy atom. The van der Waals surface area contributed by atoms with Crippen LogP contribution < -0.4 is 5.32 Å². The second kappa shape index (κ2) is 6.02. The van der Waals surface area contributed by atoms with E-state index in [4.69, 9.17) is 16.3 Å². The van der Waals surface area contributed by atoms with Crippen molar-refractivity contribution in [3.8, 4) is 0 Å². The molecule has 0 saturated heterocycles. The zero-order valence-electron chi connectivity index (χ0n) is 9.47. The van der Waals surface area contributed by atoms with Crippen molar-refractivity contribution in [3.63, 3.8) is 0 Å². The molecule has 0 aliphatic heterocycles. The summed E-state index contributed by atoms with van der Waals surface area (Å²) < 4.78 is 5.04. The van der Waals surface area contributed by atoms with Crippen LogP contribution in [0.2, 0.25) is 5.02 Å². The van der Waals surface area contributed by atoms with Gasteiger partial charge in [0.1, 0.15) is 6.61 Å². The normalized spacial score (nSPS) is 9.83. The van der Waals surface area contributed by atoms with Gasteiger partial charge in [0.2, 0.25) is 0 Å². The lowest BCUT2D eigenvalue weighted by atomic mass is 10.3. The average molecular weight is 263 g/mol. The molecule has 0 radical (unpaired) electrons. The third kappa shape index (κ3) is 3.75. The van der Waals surface area contributed by atoms with Gasteiger partial charge < -0.3 is 4.74 Å². The van der Waals surface area contributed by atoms with E-state index in [1.165, 1.54) is 0 Å². The number of ether oxygens (including phenoxy) is 1. The highest BCUT2D eigenvalue weighted by molar-refractivity contribution is 6.30. The molecule has 1 heterocycles. The molecule has 0 atom stereocenters. The number of nitrogens with zero attached hydrogens (tertiary/aromatic N) is 1. The van der Waals surface area contributed by atoms with Crippen molar-refractivity contribution < 1.29 is 9.53 Å². The van der Waals surface area contributed by atoms with Gasteiger partial charge >= 0.3 is 6.09 Å². The standard InChI is InChI=1S/C13H11ClN2O2/c14-11-4-1-5-12(7-11)16-13(17)18-9-10-3-2-6-15-8-10/h1-8H,9H2,(H,16,17). The number of hydrogen-bond acceptors (Lipinski definition) is 3. The molecule has 5 heteroatoms. The number of amides is 1. The van der Waals surface area contributed by atoms with Crippen molar-refractivity contribution in [2.75, 3.05) is 5.32 Å². The molecule has 1 aromatic carbocycles. The van der Waals surface area contributed by atoms with Gasteiger partial charge in [-0.3, -0.25) is 10.3 Å². The largest absolute Gasteiger partial charge is 0.444 e. The number of anilines is 1. The van der Waals surface area contributed by atoms with Crippen LogP contribution in [0.15, 0.2) is 48.8 Å². The van der Waals surface area contributed by atoms with Gasteiger partial charge in [0, 0.05) is 28.7 Å². The van der Waals surface area contributed by atoms with Gasteiger partial charge in [-0.25, -0.2) is 4.79 Å². The highest BCUT2D eigenvalue weighted by atomic mass is 35.5. The second-order valence-corrected chi connectivity index (χ2v) is 4.01. The van der Waals surface area contributed by atoms with E-state index < -0.39 is 6.09 Å². The van der Waals surface area contributed by atoms with Gasteiger partial charge in [0.25, 0.3) is 0 Å². The van der Waals surface area contributed by atoms with Crippen LogP contribution in [0.5, 0.6) is 0 Å². The Labute approximate surface area is 110 Å². The van der Waals surface area contributed by atoms with E-state index in [0.29, 0.717) is 10.7 Å². The van der Waals surface area contributed by atoms with Gasteiger partial charge in [-0.2, -0.15) is 0 Å². The summed E-state index contributed by atoms with van der Waals surface area (Å²) in [7, 11) is 0. The van der Waals surface area contributed by atoms with E-state index >= 15 is 0 Å². The SMILES string of the molecule is O=C(Nc1cccc(Cl)c1)OCc1cccnc1. The molecule has 1 N–H and O–H groups in total. The first-order valence-electron chi connectivity index (χ1n) is 5.32. The minimum atomic E-state index is -0.527. The summed E-state index contributed by atoms with van der Waals surface area (Å²) in [6.07, 6.45) is 2.78. The number of pyridine rings is 1. The van der Waals surface area contributed by atoms with Crippen LogP contribution in [-0.2, 0) is 11.3 Å². The van der Waals surface area contributed by atoms with E-state index in [1.807, 2.05) is 6.07 Å². The summed E-state index contributed by atoms with van der Waals surface area (Å²) in [5, 5.41) is 3.14. The molecule has 2 aromatic rings. The summed E-state index contributed by atoms with van der Waals surface area (Å²) >= 11 is 5.80. The molecule has 0 aliphatic rings. The fourth-order valence-electron chi connectivity index (χ4n) is 1.35. The zero-order valence-corrected chi connectivity index (χ0v) is 10.2. The van der Waals surface area contributed by atoms with Gasteiger partial charge in [0.05, 0.1) is 0 Å². The Morgan fingerprint density at radius 2 is 2.22 bits per heavy atom. The molecule has 1 amide bonds. The van der Waals surface area contributed by atoms with Gasteiger partial charge in [-0.1, -0.05) is 23.7 Å². The fourth-order valence-corrected chi connectivity index (χ4v) is 1.54. The number of halogens is 1. The van der Waals surface area contributed by atoms with Crippen LogP contribution >= 0.6 is 11.6 Å². The van der Waals surface area contributed by atoms with E-state index in [9.17, 15) is 4.79 Å². The number of rotatable bonds is 3. The van der Waals surface area contributed by atoms with Gasteiger partial charge in [0.15, 0.2) is 0 Å². The van der Waals surface area contributed by atoms with Crippen molar-refractivity contribution >= 4 is 23.4 Å². The number of hydrogen-bond donors (Lipinski definition) is 1. The first-order valence-corrected chi connectivity index (χ1v) is 5.70. The average Bonchev–Trinajstić information content (AvgIpc) is 2.38. The Balaban J connectivity index is 1.86. The molecule has 0 aliphatic carbocycles. The van der Waals surface area contributed by atoms with Crippen LogP contribution in [-0.4, -0.2) is 11.1 Å². The first-order chi connectivity index (χ1) is 8.74. The molecule has 0 fully saturated rings. The van der Waals surface area contributed by atoms with Gasteiger partial charge in [-0.15, -0.1) is 0 Å². The van der Waals surface area contributed by atoms with Crippen LogP contribution in [0, 0.1) is 0 Å². The van der Waals surface area contributed by atoms with E-state index in [0.717, 1.165) is 5.56 Å². The van der Waals surface area contributed by atoms with E-state index in [-0.39, 0.29) is 6.61 Å². The third-order valence-corrected chi connectivity index (χ3v) is 2.40. The molecule has 0 bridgehead atoms. The lowest BCUT2D eigenvalue weighted by Gasteiger charge is -2.06. The maximum atomic E-state index is 11.5. The van der Waals surface area contributed by atoms with Crippen LogP contribution in [0.4, 0.5) is 10.5 Å². The molecule has 4 nitrogen and oxygen atoms in total. The summed E-state index contributed by atoms with van der Waals surface area (Å²) in [6.45, 7) is 0.181. The summed E-state index contributed by atoms with van der Waals surface area (Å²) in [5.74, 6) is 0. The summed E-state index contributed by atoms with van der Waals surface area (Å²) in [5.41, 5.74) is 1.43.